The summed E-state index contributed by atoms with van der Waals surface area (Å²) in [5.41, 5.74) is 2.24. The molecule has 2 amide bonds. The van der Waals surface area contributed by atoms with Crippen molar-refractivity contribution in [2.75, 3.05) is 11.9 Å². The minimum atomic E-state index is -0.756. The van der Waals surface area contributed by atoms with Gasteiger partial charge in [-0.15, -0.1) is 0 Å². The van der Waals surface area contributed by atoms with Crippen molar-refractivity contribution >= 4 is 17.5 Å². The Balaban J connectivity index is 1.60. The lowest BCUT2D eigenvalue weighted by molar-refractivity contribution is -0.136. The molecule has 6 heteroatoms. The number of ether oxygens (including phenoxy) is 1. The van der Waals surface area contributed by atoms with E-state index in [0.717, 1.165) is 17.5 Å². The van der Waals surface area contributed by atoms with E-state index in [0.29, 0.717) is 24.5 Å². The summed E-state index contributed by atoms with van der Waals surface area (Å²) < 4.78 is 18.7. The minimum absolute atomic E-state index is 0.343. The number of amides is 2. The maximum atomic E-state index is 13.4. The highest BCUT2D eigenvalue weighted by atomic mass is 19.1. The monoisotopic (exact) mass is 342 g/mol. The third-order valence-corrected chi connectivity index (χ3v) is 4.12. The van der Waals surface area contributed by atoms with Crippen molar-refractivity contribution < 1.29 is 18.7 Å². The molecule has 130 valence electrons. The number of halogens is 1. The van der Waals surface area contributed by atoms with Crippen LogP contribution in [0.15, 0.2) is 42.5 Å². The van der Waals surface area contributed by atoms with Gasteiger partial charge in [0.1, 0.15) is 11.6 Å². The number of anilines is 1. The zero-order valence-electron chi connectivity index (χ0n) is 13.8. The van der Waals surface area contributed by atoms with Crippen LogP contribution in [0.25, 0.3) is 0 Å². The van der Waals surface area contributed by atoms with Crippen molar-refractivity contribution in [3.05, 3.63) is 59.4 Å². The maximum Gasteiger partial charge on any atom is 0.313 e. The van der Waals surface area contributed by atoms with E-state index in [2.05, 4.69) is 10.6 Å². The van der Waals surface area contributed by atoms with Crippen molar-refractivity contribution in [1.29, 1.82) is 0 Å². The van der Waals surface area contributed by atoms with Crippen LogP contribution in [-0.2, 0) is 16.0 Å². The predicted octanol–water partition coefficient (Wildman–Crippen LogP) is 2.97. The third kappa shape index (κ3) is 3.96. The van der Waals surface area contributed by atoms with Gasteiger partial charge in [0.15, 0.2) is 0 Å². The highest BCUT2D eigenvalue weighted by Gasteiger charge is 2.26. The lowest BCUT2D eigenvalue weighted by Gasteiger charge is -2.14. The van der Waals surface area contributed by atoms with Gasteiger partial charge in [0.2, 0.25) is 0 Å². The Morgan fingerprint density at radius 1 is 1.16 bits per heavy atom. The quantitative estimate of drug-likeness (QED) is 0.840. The van der Waals surface area contributed by atoms with E-state index in [1.807, 2.05) is 6.92 Å². The molecule has 0 aromatic heterocycles. The fraction of sp³-hybridized carbons (Fsp3) is 0.263. The second kappa shape index (κ2) is 7.34. The number of carbonyl (C=O) groups excluding carboxylic acids is 2. The molecule has 0 bridgehead atoms. The Kier molecular flexibility index (Phi) is 4.97. The smallest absolute Gasteiger partial charge is 0.313 e. The van der Waals surface area contributed by atoms with E-state index in [-0.39, 0.29) is 11.9 Å². The van der Waals surface area contributed by atoms with Gasteiger partial charge in [-0.3, -0.25) is 9.59 Å². The average Bonchev–Trinajstić information content (AvgIpc) is 2.99. The number of benzene rings is 2. The van der Waals surface area contributed by atoms with E-state index < -0.39 is 11.8 Å². The van der Waals surface area contributed by atoms with Crippen molar-refractivity contribution in [2.45, 2.75) is 25.8 Å². The zero-order valence-corrected chi connectivity index (χ0v) is 13.8. The van der Waals surface area contributed by atoms with Gasteiger partial charge in [-0.2, -0.15) is 0 Å². The Bertz CT molecular complexity index is 790. The van der Waals surface area contributed by atoms with E-state index in [1.54, 1.807) is 30.3 Å². The summed E-state index contributed by atoms with van der Waals surface area (Å²) in [5.74, 6) is -1.15. The molecule has 0 fully saturated rings. The van der Waals surface area contributed by atoms with Gasteiger partial charge in [-0.05, 0) is 67.3 Å². The van der Waals surface area contributed by atoms with Crippen molar-refractivity contribution in [1.82, 2.24) is 5.32 Å². The molecule has 0 radical (unpaired) electrons. The third-order valence-electron chi connectivity index (χ3n) is 4.12. The Labute approximate surface area is 145 Å². The molecule has 0 saturated carbocycles. The molecule has 3 rings (SSSR count). The maximum absolute atomic E-state index is 13.4. The van der Waals surface area contributed by atoms with Gasteiger partial charge >= 0.3 is 11.8 Å². The molecule has 1 unspecified atom stereocenters. The summed E-state index contributed by atoms with van der Waals surface area (Å²) in [6.07, 6.45) is 1.40. The molecule has 0 heterocycles. The minimum Gasteiger partial charge on any atom is -0.494 e. The fourth-order valence-electron chi connectivity index (χ4n) is 2.94. The highest BCUT2D eigenvalue weighted by Crippen LogP contribution is 2.31. The van der Waals surface area contributed by atoms with Crippen LogP contribution in [0.3, 0.4) is 0 Å². The van der Waals surface area contributed by atoms with Crippen LogP contribution in [0.5, 0.6) is 5.75 Å². The highest BCUT2D eigenvalue weighted by molar-refractivity contribution is 6.39. The van der Waals surface area contributed by atoms with Crippen molar-refractivity contribution in [3.63, 3.8) is 0 Å². The summed E-state index contributed by atoms with van der Waals surface area (Å²) in [6.45, 7) is 2.44. The zero-order chi connectivity index (χ0) is 17.8. The second-order valence-electron chi connectivity index (χ2n) is 5.82. The van der Waals surface area contributed by atoms with Gasteiger partial charge in [-0.1, -0.05) is 6.07 Å². The molecule has 2 N–H and O–H groups in total. The topological polar surface area (TPSA) is 67.4 Å². The molecule has 0 saturated heterocycles. The molecule has 1 aliphatic rings. The normalized spacial score (nSPS) is 15.4. The molecule has 2 aromatic rings. The van der Waals surface area contributed by atoms with Crippen LogP contribution < -0.4 is 15.4 Å². The Morgan fingerprint density at radius 2 is 1.92 bits per heavy atom. The fourth-order valence-corrected chi connectivity index (χ4v) is 2.94. The number of nitrogens with one attached hydrogen (secondary N) is 2. The number of hydrogen-bond acceptors (Lipinski definition) is 3. The lowest BCUT2D eigenvalue weighted by atomic mass is 10.1. The summed E-state index contributed by atoms with van der Waals surface area (Å²) in [6, 6.07) is 11.0. The van der Waals surface area contributed by atoms with Crippen LogP contribution in [0.2, 0.25) is 0 Å². The molecule has 1 aliphatic carbocycles. The molecular formula is C19H19FN2O3. The van der Waals surface area contributed by atoms with Gasteiger partial charge in [-0.25, -0.2) is 4.39 Å². The second-order valence-corrected chi connectivity index (χ2v) is 5.82. The molecular weight excluding hydrogens is 323 g/mol. The number of hydrogen-bond donors (Lipinski definition) is 2. The Morgan fingerprint density at radius 3 is 2.64 bits per heavy atom. The molecule has 2 aromatic carbocycles. The number of carbonyl (C=O) groups is 2. The van der Waals surface area contributed by atoms with Crippen LogP contribution in [-0.4, -0.2) is 18.4 Å². The van der Waals surface area contributed by atoms with E-state index in [1.165, 1.54) is 12.1 Å². The van der Waals surface area contributed by atoms with Crippen LogP contribution in [0.1, 0.15) is 30.5 Å². The predicted molar refractivity (Wildman–Crippen MR) is 91.8 cm³/mol. The Hall–Kier alpha value is -2.89. The summed E-state index contributed by atoms with van der Waals surface area (Å²) in [7, 11) is 0. The standard InChI is InChI=1S/C19H19FN2O3/c1-2-25-15-8-6-14(7-9-15)21-18(23)19(24)22-17-10-4-12-3-5-13(20)11-16(12)17/h3,5-9,11,17H,2,4,10H2,1H3,(H,21,23)(H,22,24). The molecule has 0 spiro atoms. The number of aryl methyl sites for hydroxylation is 1. The molecule has 5 nitrogen and oxygen atoms in total. The molecule has 25 heavy (non-hydrogen) atoms. The first-order chi connectivity index (χ1) is 12.1. The van der Waals surface area contributed by atoms with Crippen LogP contribution in [0, 0.1) is 5.82 Å². The number of fused-ring (bicyclic) bond motifs is 1. The van der Waals surface area contributed by atoms with Gasteiger partial charge in [0.25, 0.3) is 0 Å². The van der Waals surface area contributed by atoms with Gasteiger partial charge in [0.05, 0.1) is 12.6 Å². The molecule has 1 atom stereocenters. The van der Waals surface area contributed by atoms with Gasteiger partial charge < -0.3 is 15.4 Å². The van der Waals surface area contributed by atoms with E-state index >= 15 is 0 Å². The number of rotatable bonds is 4. The average molecular weight is 342 g/mol. The van der Waals surface area contributed by atoms with Gasteiger partial charge in [0, 0.05) is 5.69 Å². The summed E-state index contributed by atoms with van der Waals surface area (Å²) >= 11 is 0. The first kappa shape index (κ1) is 17.0. The first-order valence-corrected chi connectivity index (χ1v) is 8.20. The van der Waals surface area contributed by atoms with Crippen molar-refractivity contribution in [3.8, 4) is 5.75 Å². The van der Waals surface area contributed by atoms with Crippen LogP contribution in [0.4, 0.5) is 10.1 Å². The van der Waals surface area contributed by atoms with Crippen molar-refractivity contribution in [2.24, 2.45) is 0 Å². The van der Waals surface area contributed by atoms with Crippen LogP contribution >= 0.6 is 0 Å². The SMILES string of the molecule is CCOc1ccc(NC(=O)C(=O)NC2CCc3ccc(F)cc32)cc1. The van der Waals surface area contributed by atoms with E-state index in [9.17, 15) is 14.0 Å². The summed E-state index contributed by atoms with van der Waals surface area (Å²) in [5, 5.41) is 5.21. The summed E-state index contributed by atoms with van der Waals surface area (Å²) in [4.78, 5) is 24.2. The largest absolute Gasteiger partial charge is 0.494 e. The van der Waals surface area contributed by atoms with E-state index in [4.69, 9.17) is 4.74 Å². The first-order valence-electron chi connectivity index (χ1n) is 8.20. The molecule has 0 aliphatic heterocycles. The lowest BCUT2D eigenvalue weighted by Crippen LogP contribution is -2.37.